The highest BCUT2D eigenvalue weighted by atomic mass is 32.2. The number of hydrogen-bond acceptors (Lipinski definition) is 6. The molecule has 0 aliphatic rings. The number of nitrogens with one attached hydrogen (secondary N) is 2. The zero-order chi connectivity index (χ0) is 17.0. The molecule has 9 nitrogen and oxygen atoms in total. The second-order valence-corrected chi connectivity index (χ2v) is 6.15. The van der Waals surface area contributed by atoms with Gasteiger partial charge in [0.15, 0.2) is 0 Å². The molecule has 0 unspecified atom stereocenters. The SMILES string of the molecule is Cc1ccc([N+](=O)[O-])cc1S(=O)(=O)NNC(=O)c1ccncc1. The summed E-state index contributed by atoms with van der Waals surface area (Å²) in [5.41, 5.74) is 2.19. The minimum absolute atomic E-state index is 0.207. The second kappa shape index (κ2) is 6.50. The van der Waals surface area contributed by atoms with E-state index >= 15 is 0 Å². The summed E-state index contributed by atoms with van der Waals surface area (Å²) < 4.78 is 24.4. The lowest BCUT2D eigenvalue weighted by Gasteiger charge is -2.10. The summed E-state index contributed by atoms with van der Waals surface area (Å²) in [4.78, 5) is 27.2. The molecule has 0 saturated heterocycles. The molecule has 0 bridgehead atoms. The van der Waals surface area contributed by atoms with Crippen LogP contribution in [0.3, 0.4) is 0 Å². The minimum Gasteiger partial charge on any atom is -0.273 e. The first kappa shape index (κ1) is 16.5. The molecule has 0 aliphatic carbocycles. The summed E-state index contributed by atoms with van der Waals surface area (Å²) in [6.45, 7) is 1.49. The number of hydrogen-bond donors (Lipinski definition) is 2. The number of aromatic nitrogens is 1. The summed E-state index contributed by atoms with van der Waals surface area (Å²) in [5.74, 6) is -0.681. The van der Waals surface area contributed by atoms with E-state index in [0.29, 0.717) is 5.56 Å². The Hall–Kier alpha value is -2.85. The predicted octanol–water partition coefficient (Wildman–Crippen LogP) is 0.922. The summed E-state index contributed by atoms with van der Waals surface area (Å²) in [5, 5.41) is 10.8. The molecular formula is C13H12N4O5S. The van der Waals surface area contributed by atoms with Crippen LogP contribution >= 0.6 is 0 Å². The topological polar surface area (TPSA) is 131 Å². The molecule has 0 radical (unpaired) electrons. The van der Waals surface area contributed by atoms with E-state index in [1.54, 1.807) is 0 Å². The summed E-state index contributed by atoms with van der Waals surface area (Å²) in [7, 11) is -4.15. The second-order valence-electron chi connectivity index (χ2n) is 4.50. The van der Waals surface area contributed by atoms with Gasteiger partial charge in [0.25, 0.3) is 21.6 Å². The maximum atomic E-state index is 12.2. The van der Waals surface area contributed by atoms with Crippen molar-refractivity contribution in [3.63, 3.8) is 0 Å². The standard InChI is InChI=1S/C13H12N4O5S/c1-9-2-3-11(17(19)20)8-12(9)23(21,22)16-15-13(18)10-4-6-14-7-5-10/h2-8,16H,1H3,(H,15,18). The van der Waals surface area contributed by atoms with Crippen molar-refractivity contribution in [1.82, 2.24) is 15.2 Å². The number of sulfonamides is 1. The highest BCUT2D eigenvalue weighted by Crippen LogP contribution is 2.21. The number of carbonyl (C=O) groups is 1. The third-order valence-corrected chi connectivity index (χ3v) is 4.30. The van der Waals surface area contributed by atoms with Crippen molar-refractivity contribution in [3.05, 3.63) is 64.0 Å². The van der Waals surface area contributed by atoms with Gasteiger partial charge in [-0.2, -0.15) is 0 Å². The molecule has 10 heteroatoms. The lowest BCUT2D eigenvalue weighted by molar-refractivity contribution is -0.385. The van der Waals surface area contributed by atoms with Crippen LogP contribution in [0.25, 0.3) is 0 Å². The number of pyridine rings is 1. The summed E-state index contributed by atoms with van der Waals surface area (Å²) in [6.07, 6.45) is 2.77. The molecule has 0 atom stereocenters. The Kier molecular flexibility index (Phi) is 4.67. The Morgan fingerprint density at radius 2 is 1.87 bits per heavy atom. The van der Waals surface area contributed by atoms with Crippen molar-refractivity contribution in [2.75, 3.05) is 0 Å². The molecular weight excluding hydrogens is 324 g/mol. The van der Waals surface area contributed by atoms with Crippen LogP contribution in [0.1, 0.15) is 15.9 Å². The van der Waals surface area contributed by atoms with Gasteiger partial charge in [0.2, 0.25) is 0 Å². The Morgan fingerprint density at radius 3 is 2.48 bits per heavy atom. The first-order chi connectivity index (χ1) is 10.8. The van der Waals surface area contributed by atoms with Gasteiger partial charge >= 0.3 is 0 Å². The third-order valence-electron chi connectivity index (χ3n) is 2.91. The average molecular weight is 336 g/mol. The number of aryl methyl sites for hydroxylation is 1. The van der Waals surface area contributed by atoms with E-state index in [9.17, 15) is 23.3 Å². The number of nitro benzene ring substituents is 1. The van der Waals surface area contributed by atoms with Crippen LogP contribution < -0.4 is 10.3 Å². The lowest BCUT2D eigenvalue weighted by Crippen LogP contribution is -2.41. The van der Waals surface area contributed by atoms with Gasteiger partial charge in [-0.3, -0.25) is 25.3 Å². The Bertz CT molecular complexity index is 852. The van der Waals surface area contributed by atoms with E-state index in [0.717, 1.165) is 6.07 Å². The molecule has 2 rings (SSSR count). The predicted molar refractivity (Wildman–Crippen MR) is 79.9 cm³/mol. The van der Waals surface area contributed by atoms with E-state index in [1.807, 2.05) is 10.3 Å². The molecule has 2 N–H and O–H groups in total. The Morgan fingerprint density at radius 1 is 1.22 bits per heavy atom. The molecule has 1 aromatic heterocycles. The molecule has 1 heterocycles. The molecule has 1 aromatic carbocycles. The van der Waals surface area contributed by atoms with Crippen LogP contribution in [0.2, 0.25) is 0 Å². The van der Waals surface area contributed by atoms with E-state index in [-0.39, 0.29) is 16.1 Å². The van der Waals surface area contributed by atoms with Crippen molar-refractivity contribution in [2.24, 2.45) is 0 Å². The molecule has 1 amide bonds. The maximum Gasteiger partial charge on any atom is 0.270 e. The van der Waals surface area contributed by atoms with Gasteiger partial charge in [0.05, 0.1) is 9.82 Å². The molecule has 0 fully saturated rings. The molecule has 0 spiro atoms. The number of carbonyl (C=O) groups excluding carboxylic acids is 1. The van der Waals surface area contributed by atoms with Crippen molar-refractivity contribution >= 4 is 21.6 Å². The number of nitrogens with zero attached hydrogens (tertiary/aromatic N) is 2. The monoisotopic (exact) mass is 336 g/mol. The van der Waals surface area contributed by atoms with Crippen LogP contribution in [-0.2, 0) is 10.0 Å². The number of hydrazine groups is 1. The third kappa shape index (κ3) is 3.87. The van der Waals surface area contributed by atoms with Gasteiger partial charge in [-0.1, -0.05) is 6.07 Å². The molecule has 2 aromatic rings. The number of benzene rings is 1. The number of amides is 1. The van der Waals surface area contributed by atoms with Gasteiger partial charge in [-0.05, 0) is 24.6 Å². The van der Waals surface area contributed by atoms with Gasteiger partial charge in [-0.15, -0.1) is 4.83 Å². The van der Waals surface area contributed by atoms with E-state index in [2.05, 4.69) is 4.98 Å². The number of rotatable bonds is 5. The lowest BCUT2D eigenvalue weighted by atomic mass is 10.2. The summed E-state index contributed by atoms with van der Waals surface area (Å²) in [6, 6.07) is 6.25. The van der Waals surface area contributed by atoms with Crippen LogP contribution in [0.5, 0.6) is 0 Å². The van der Waals surface area contributed by atoms with Crippen LogP contribution in [0, 0.1) is 17.0 Å². The zero-order valence-electron chi connectivity index (χ0n) is 11.9. The fourth-order valence-corrected chi connectivity index (χ4v) is 2.84. The van der Waals surface area contributed by atoms with Crippen molar-refractivity contribution in [1.29, 1.82) is 0 Å². The van der Waals surface area contributed by atoms with Crippen molar-refractivity contribution in [3.8, 4) is 0 Å². The fraction of sp³-hybridized carbons (Fsp3) is 0.0769. The Balaban J connectivity index is 2.21. The Labute approximate surface area is 131 Å². The minimum atomic E-state index is -4.15. The first-order valence-electron chi connectivity index (χ1n) is 6.28. The molecule has 0 aliphatic heterocycles. The largest absolute Gasteiger partial charge is 0.273 e. The quantitative estimate of drug-likeness (QED) is 0.616. The van der Waals surface area contributed by atoms with Crippen LogP contribution in [0.15, 0.2) is 47.6 Å². The highest BCUT2D eigenvalue weighted by Gasteiger charge is 2.21. The molecule has 23 heavy (non-hydrogen) atoms. The maximum absolute atomic E-state index is 12.2. The molecule has 120 valence electrons. The van der Waals surface area contributed by atoms with Crippen molar-refractivity contribution < 1.29 is 18.1 Å². The van der Waals surface area contributed by atoms with Gasteiger partial charge < -0.3 is 0 Å². The number of non-ortho nitro benzene ring substituents is 1. The van der Waals surface area contributed by atoms with Crippen LogP contribution in [-0.4, -0.2) is 24.2 Å². The average Bonchev–Trinajstić information content (AvgIpc) is 2.53. The van der Waals surface area contributed by atoms with Gasteiger partial charge in [0.1, 0.15) is 0 Å². The normalized spacial score (nSPS) is 11.0. The molecule has 0 saturated carbocycles. The van der Waals surface area contributed by atoms with Gasteiger partial charge in [-0.25, -0.2) is 8.42 Å². The summed E-state index contributed by atoms with van der Waals surface area (Å²) >= 11 is 0. The van der Waals surface area contributed by atoms with E-state index < -0.39 is 20.9 Å². The van der Waals surface area contributed by atoms with Gasteiger partial charge in [0, 0.05) is 30.1 Å². The first-order valence-corrected chi connectivity index (χ1v) is 7.77. The van der Waals surface area contributed by atoms with E-state index in [4.69, 9.17) is 0 Å². The number of nitro groups is 1. The zero-order valence-corrected chi connectivity index (χ0v) is 12.7. The van der Waals surface area contributed by atoms with Crippen LogP contribution in [0.4, 0.5) is 5.69 Å². The highest BCUT2D eigenvalue weighted by molar-refractivity contribution is 7.89. The van der Waals surface area contributed by atoms with Crippen molar-refractivity contribution in [2.45, 2.75) is 11.8 Å². The fourth-order valence-electron chi connectivity index (χ4n) is 1.74. The smallest absolute Gasteiger partial charge is 0.270 e. The van der Waals surface area contributed by atoms with E-state index in [1.165, 1.54) is 43.6 Å².